The van der Waals surface area contributed by atoms with Gasteiger partial charge in [0.25, 0.3) is 0 Å². The zero-order valence-corrected chi connectivity index (χ0v) is 16.1. The molecule has 2 aliphatic carbocycles. The maximum atomic E-state index is 2.45. The smallest absolute Gasteiger partial charge is 0.0265 e. The third-order valence-electron chi connectivity index (χ3n) is 6.28. The Morgan fingerprint density at radius 2 is 0.762 bits per heavy atom. The highest BCUT2D eigenvalue weighted by molar-refractivity contribution is 8.16. The maximum Gasteiger partial charge on any atom is 0.0265 e. The van der Waals surface area contributed by atoms with Gasteiger partial charge in [-0.25, -0.2) is 0 Å². The molecule has 3 rings (SSSR count). The molecule has 3 fully saturated rings. The monoisotopic (exact) mass is 304 g/mol. The predicted molar refractivity (Wildman–Crippen MR) is 95.2 cm³/mol. The van der Waals surface area contributed by atoms with Gasteiger partial charge in [0.15, 0.2) is 0 Å². The largest absolute Gasteiger partial charge is 0.0877 e. The van der Waals surface area contributed by atoms with Crippen molar-refractivity contribution in [2.24, 2.45) is 21.7 Å². The lowest BCUT2D eigenvalue weighted by Crippen LogP contribution is -2.18. The molecule has 0 atom stereocenters. The first-order valence-corrected chi connectivity index (χ1v) is 9.39. The van der Waals surface area contributed by atoms with Crippen LogP contribution in [0.3, 0.4) is 0 Å². The van der Waals surface area contributed by atoms with Gasteiger partial charge in [-0.05, 0) is 58.5 Å². The van der Waals surface area contributed by atoms with E-state index in [1.54, 1.807) is 21.0 Å². The van der Waals surface area contributed by atoms with Crippen molar-refractivity contribution >= 4 is 11.8 Å². The van der Waals surface area contributed by atoms with Crippen LogP contribution in [0.4, 0.5) is 0 Å². The summed E-state index contributed by atoms with van der Waals surface area (Å²) in [4.78, 5) is 3.33. The Morgan fingerprint density at radius 3 is 1.00 bits per heavy atom. The van der Waals surface area contributed by atoms with Gasteiger partial charge in [-0.3, -0.25) is 0 Å². The van der Waals surface area contributed by atoms with E-state index in [4.69, 9.17) is 0 Å². The Hall–Kier alpha value is -0.170. The molecule has 0 unspecified atom stereocenters. The van der Waals surface area contributed by atoms with Gasteiger partial charge in [0, 0.05) is 9.81 Å². The fraction of sp³-hybridized carbons (Fsp3) is 0.800. The molecule has 2 saturated carbocycles. The molecule has 1 aliphatic heterocycles. The van der Waals surface area contributed by atoms with Crippen LogP contribution in [0.1, 0.15) is 81.1 Å². The molecule has 1 heteroatoms. The van der Waals surface area contributed by atoms with Gasteiger partial charge in [0.1, 0.15) is 0 Å². The van der Waals surface area contributed by atoms with E-state index in [9.17, 15) is 0 Å². The molecular weight excluding hydrogens is 272 g/mol. The molecule has 1 saturated heterocycles. The van der Waals surface area contributed by atoms with Crippen LogP contribution in [0.2, 0.25) is 0 Å². The van der Waals surface area contributed by atoms with Gasteiger partial charge in [0.2, 0.25) is 0 Å². The summed E-state index contributed by atoms with van der Waals surface area (Å²) in [5.74, 6) is 0. The van der Waals surface area contributed by atoms with Gasteiger partial charge in [-0.1, -0.05) is 67.2 Å². The molecule has 0 radical (unpaired) electrons. The van der Waals surface area contributed by atoms with Crippen molar-refractivity contribution in [1.82, 2.24) is 0 Å². The maximum absolute atomic E-state index is 2.45. The summed E-state index contributed by atoms with van der Waals surface area (Å²) in [6.07, 6.45) is 5.37. The normalized spacial score (nSPS) is 32.0. The van der Waals surface area contributed by atoms with Crippen molar-refractivity contribution in [3.63, 3.8) is 0 Å². The minimum Gasteiger partial charge on any atom is -0.0877 e. The zero-order chi connectivity index (χ0) is 15.8. The Balaban J connectivity index is 2.14. The number of thioether (sulfide) groups is 1. The summed E-state index contributed by atoms with van der Waals surface area (Å²) in [5, 5.41) is 0. The molecule has 0 amide bonds. The quantitative estimate of drug-likeness (QED) is 0.437. The zero-order valence-electron chi connectivity index (χ0n) is 15.2. The Morgan fingerprint density at radius 1 is 0.524 bits per heavy atom. The molecule has 0 nitrogen and oxygen atoms in total. The minimum absolute atomic E-state index is 0.390. The second-order valence-corrected chi connectivity index (χ2v) is 11.1. The van der Waals surface area contributed by atoms with E-state index >= 15 is 0 Å². The Kier molecular flexibility index (Phi) is 3.16. The second kappa shape index (κ2) is 4.22. The molecule has 21 heavy (non-hydrogen) atoms. The van der Waals surface area contributed by atoms with Crippen LogP contribution in [0.25, 0.3) is 0 Å². The lowest BCUT2D eigenvalue weighted by Gasteiger charge is -2.29. The van der Waals surface area contributed by atoms with E-state index in [1.165, 1.54) is 25.7 Å². The molecule has 0 spiro atoms. The van der Waals surface area contributed by atoms with Crippen LogP contribution < -0.4 is 0 Å². The highest BCUT2D eigenvalue weighted by atomic mass is 32.2. The lowest BCUT2D eigenvalue weighted by molar-refractivity contribution is 0.436. The average Bonchev–Trinajstić information content (AvgIpc) is 2.92. The van der Waals surface area contributed by atoms with Crippen molar-refractivity contribution in [3.05, 3.63) is 21.0 Å². The highest BCUT2D eigenvalue weighted by Crippen LogP contribution is 2.70. The van der Waals surface area contributed by atoms with Gasteiger partial charge in [-0.15, -0.1) is 0 Å². The van der Waals surface area contributed by atoms with E-state index in [1.807, 2.05) is 0 Å². The van der Waals surface area contributed by atoms with Crippen LogP contribution in [-0.4, -0.2) is 0 Å². The second-order valence-electron chi connectivity index (χ2n) is 10.0. The van der Waals surface area contributed by atoms with Gasteiger partial charge >= 0.3 is 0 Å². The molecule has 0 N–H and O–H groups in total. The summed E-state index contributed by atoms with van der Waals surface area (Å²) >= 11 is 2.10. The first kappa shape index (κ1) is 15.7. The van der Waals surface area contributed by atoms with Crippen LogP contribution in [0.5, 0.6) is 0 Å². The third-order valence-corrected chi connectivity index (χ3v) is 7.30. The molecule has 118 valence electrons. The Bertz CT molecular complexity index is 466. The van der Waals surface area contributed by atoms with Crippen LogP contribution in [0, 0.1) is 21.7 Å². The SMILES string of the molecule is CC1(C)CCC(C)(C)C1=C1SC1=C1C(C)(C)CCC1(C)C. The molecule has 0 aromatic carbocycles. The lowest BCUT2D eigenvalue weighted by atomic mass is 9.75. The van der Waals surface area contributed by atoms with Crippen molar-refractivity contribution in [1.29, 1.82) is 0 Å². The number of hydrogen-bond donors (Lipinski definition) is 0. The summed E-state index contributed by atoms with van der Waals surface area (Å²) in [6.45, 7) is 19.6. The fourth-order valence-electron chi connectivity index (χ4n) is 5.22. The third kappa shape index (κ3) is 2.35. The van der Waals surface area contributed by atoms with Crippen molar-refractivity contribution in [2.75, 3.05) is 0 Å². The molecule has 3 aliphatic rings. The first-order chi connectivity index (χ1) is 9.39. The molecular formula is C20H32S. The first-order valence-electron chi connectivity index (χ1n) is 8.57. The number of rotatable bonds is 0. The van der Waals surface area contributed by atoms with E-state index in [0.29, 0.717) is 21.7 Å². The predicted octanol–water partition coefficient (Wildman–Crippen LogP) is 6.93. The van der Waals surface area contributed by atoms with Gasteiger partial charge in [0.05, 0.1) is 0 Å². The van der Waals surface area contributed by atoms with Crippen molar-refractivity contribution in [2.45, 2.75) is 81.1 Å². The van der Waals surface area contributed by atoms with Crippen molar-refractivity contribution < 1.29 is 0 Å². The summed E-state index contributed by atoms with van der Waals surface area (Å²) in [5.41, 5.74) is 5.06. The molecule has 0 bridgehead atoms. The van der Waals surface area contributed by atoms with Crippen LogP contribution in [0.15, 0.2) is 21.0 Å². The van der Waals surface area contributed by atoms with Gasteiger partial charge in [-0.2, -0.15) is 0 Å². The standard InChI is InChI=1S/C20H32S/c1-17(2)9-10-18(3,4)15(17)13-14(21-13)16-19(5,6)11-12-20(16,7)8/h9-12H2,1-8H3. The molecule has 1 heterocycles. The van der Waals surface area contributed by atoms with Gasteiger partial charge < -0.3 is 0 Å². The number of allylic oxidation sites excluding steroid dienone is 2. The average molecular weight is 305 g/mol. The fourth-order valence-corrected chi connectivity index (χ4v) is 6.88. The van der Waals surface area contributed by atoms with E-state index in [2.05, 4.69) is 67.2 Å². The Labute approximate surface area is 135 Å². The number of hydrogen-bond acceptors (Lipinski definition) is 1. The van der Waals surface area contributed by atoms with E-state index < -0.39 is 0 Å². The molecule has 0 aromatic rings. The van der Waals surface area contributed by atoms with E-state index in [-0.39, 0.29) is 0 Å². The minimum atomic E-state index is 0.390. The summed E-state index contributed by atoms with van der Waals surface area (Å²) in [7, 11) is 0. The molecule has 0 aromatic heterocycles. The van der Waals surface area contributed by atoms with Crippen LogP contribution in [-0.2, 0) is 0 Å². The highest BCUT2D eigenvalue weighted by Gasteiger charge is 2.52. The summed E-state index contributed by atoms with van der Waals surface area (Å²) in [6, 6.07) is 0. The van der Waals surface area contributed by atoms with Crippen molar-refractivity contribution in [3.8, 4) is 0 Å². The summed E-state index contributed by atoms with van der Waals surface area (Å²) < 4.78 is 0. The topological polar surface area (TPSA) is 0 Å². The van der Waals surface area contributed by atoms with Crippen LogP contribution >= 0.6 is 11.8 Å². The van der Waals surface area contributed by atoms with E-state index in [0.717, 1.165) is 0 Å².